The highest BCUT2D eigenvalue weighted by atomic mass is 19.3. The monoisotopic (exact) mass is 343 g/mol. The Hall–Kier alpha value is -3.09. The van der Waals surface area contributed by atoms with Crippen molar-refractivity contribution >= 4 is 17.8 Å². The molecule has 1 atom stereocenters. The summed E-state index contributed by atoms with van der Waals surface area (Å²) in [4.78, 5) is 41.8. The standard InChI is InChI=1S/C18H11F2NO4/c19-18(20)9-14(18)10-5-1-4-8-13(10)17(24)25-21-15(22)11-6-2-3-7-12(11)16(21)23/h1-8,14H,9H2. The molecule has 1 aliphatic heterocycles. The highest BCUT2D eigenvalue weighted by Crippen LogP contribution is 2.56. The van der Waals surface area contributed by atoms with Crippen molar-refractivity contribution in [3.8, 4) is 0 Å². The lowest BCUT2D eigenvalue weighted by Crippen LogP contribution is -2.33. The third kappa shape index (κ3) is 2.39. The maximum Gasteiger partial charge on any atom is 0.364 e. The molecular weight excluding hydrogens is 332 g/mol. The van der Waals surface area contributed by atoms with Crippen LogP contribution < -0.4 is 0 Å². The summed E-state index contributed by atoms with van der Waals surface area (Å²) in [6.07, 6.45) is -0.343. The molecule has 0 saturated heterocycles. The molecule has 2 amide bonds. The van der Waals surface area contributed by atoms with Gasteiger partial charge in [-0.25, -0.2) is 13.6 Å². The van der Waals surface area contributed by atoms with E-state index in [-0.39, 0.29) is 28.7 Å². The number of amides is 2. The predicted octanol–water partition coefficient (Wildman–Crippen LogP) is 3.18. The number of alkyl halides is 2. The topological polar surface area (TPSA) is 63.7 Å². The van der Waals surface area contributed by atoms with Gasteiger partial charge in [0.15, 0.2) is 0 Å². The third-order valence-electron chi connectivity index (χ3n) is 4.31. The van der Waals surface area contributed by atoms with Gasteiger partial charge in [0.1, 0.15) is 0 Å². The van der Waals surface area contributed by atoms with E-state index in [4.69, 9.17) is 4.84 Å². The molecule has 25 heavy (non-hydrogen) atoms. The molecule has 2 aromatic rings. The lowest BCUT2D eigenvalue weighted by molar-refractivity contribution is -0.0585. The van der Waals surface area contributed by atoms with Gasteiger partial charge in [0.05, 0.1) is 22.6 Å². The molecule has 0 aromatic heterocycles. The lowest BCUT2D eigenvalue weighted by Gasteiger charge is -2.14. The first-order valence-corrected chi connectivity index (χ1v) is 7.57. The zero-order valence-corrected chi connectivity index (χ0v) is 12.7. The van der Waals surface area contributed by atoms with Crippen LogP contribution in [0.3, 0.4) is 0 Å². The van der Waals surface area contributed by atoms with Gasteiger partial charge in [0, 0.05) is 6.42 Å². The average Bonchev–Trinajstić information content (AvgIpc) is 3.19. The second kappa shape index (κ2) is 5.20. The SMILES string of the molecule is O=C(ON1C(=O)c2ccccc2C1=O)c1ccccc1C1CC1(F)F. The summed E-state index contributed by atoms with van der Waals surface area (Å²) in [6, 6.07) is 11.9. The van der Waals surface area contributed by atoms with Gasteiger partial charge >= 0.3 is 5.97 Å². The number of imide groups is 1. The van der Waals surface area contributed by atoms with Crippen LogP contribution in [0.15, 0.2) is 48.5 Å². The van der Waals surface area contributed by atoms with E-state index in [0.29, 0.717) is 5.06 Å². The van der Waals surface area contributed by atoms with Crippen LogP contribution in [0.25, 0.3) is 0 Å². The van der Waals surface area contributed by atoms with Gasteiger partial charge in [-0.2, -0.15) is 0 Å². The summed E-state index contributed by atoms with van der Waals surface area (Å²) in [5, 5.41) is 0.370. The highest BCUT2D eigenvalue weighted by molar-refractivity contribution is 6.21. The minimum absolute atomic E-state index is 0.0822. The first-order chi connectivity index (χ1) is 11.9. The molecule has 1 fully saturated rings. The fourth-order valence-corrected chi connectivity index (χ4v) is 2.92. The van der Waals surface area contributed by atoms with Crippen LogP contribution in [0.5, 0.6) is 0 Å². The zero-order chi connectivity index (χ0) is 17.8. The summed E-state index contributed by atoms with van der Waals surface area (Å²) in [6.45, 7) is 0. The maximum absolute atomic E-state index is 13.4. The molecule has 0 radical (unpaired) electrons. The van der Waals surface area contributed by atoms with Gasteiger partial charge in [0.2, 0.25) is 0 Å². The number of hydrogen-bond donors (Lipinski definition) is 0. The van der Waals surface area contributed by atoms with Crippen LogP contribution in [-0.4, -0.2) is 28.8 Å². The minimum Gasteiger partial charge on any atom is -0.324 e. The second-order valence-electron chi connectivity index (χ2n) is 5.93. The van der Waals surface area contributed by atoms with Gasteiger partial charge in [-0.3, -0.25) is 9.59 Å². The molecule has 126 valence electrons. The molecule has 1 saturated carbocycles. The first kappa shape index (κ1) is 15.4. The van der Waals surface area contributed by atoms with E-state index in [9.17, 15) is 23.2 Å². The lowest BCUT2D eigenvalue weighted by atomic mass is 10.0. The Bertz CT molecular complexity index is 890. The fraction of sp³-hybridized carbons (Fsp3) is 0.167. The Morgan fingerprint density at radius 1 is 1.00 bits per heavy atom. The normalized spacial score (nSPS) is 20.4. The number of nitrogens with zero attached hydrogens (tertiary/aromatic N) is 1. The van der Waals surface area contributed by atoms with E-state index >= 15 is 0 Å². The minimum atomic E-state index is -2.86. The number of fused-ring (bicyclic) bond motifs is 1. The number of halogens is 2. The van der Waals surface area contributed by atoms with Gasteiger partial charge in [-0.15, -0.1) is 0 Å². The highest BCUT2D eigenvalue weighted by Gasteiger charge is 2.58. The molecule has 5 nitrogen and oxygen atoms in total. The van der Waals surface area contributed by atoms with Crippen molar-refractivity contribution in [1.29, 1.82) is 0 Å². The van der Waals surface area contributed by atoms with E-state index < -0.39 is 29.6 Å². The van der Waals surface area contributed by atoms with E-state index in [1.807, 2.05) is 0 Å². The number of carbonyl (C=O) groups excluding carboxylic acids is 3. The van der Waals surface area contributed by atoms with Crippen LogP contribution in [0.1, 0.15) is 49.0 Å². The van der Waals surface area contributed by atoms with E-state index in [0.717, 1.165) is 0 Å². The number of carbonyl (C=O) groups is 3. The van der Waals surface area contributed by atoms with Crippen molar-refractivity contribution in [1.82, 2.24) is 5.06 Å². The Morgan fingerprint density at radius 2 is 1.52 bits per heavy atom. The third-order valence-corrected chi connectivity index (χ3v) is 4.31. The molecule has 1 aliphatic carbocycles. The predicted molar refractivity (Wildman–Crippen MR) is 81.1 cm³/mol. The van der Waals surface area contributed by atoms with Crippen LogP contribution in [-0.2, 0) is 4.84 Å². The number of rotatable bonds is 3. The molecule has 0 spiro atoms. The Morgan fingerprint density at radius 3 is 2.08 bits per heavy atom. The summed E-state index contributed by atoms with van der Waals surface area (Å²) < 4.78 is 26.7. The van der Waals surface area contributed by atoms with Crippen molar-refractivity contribution in [3.63, 3.8) is 0 Å². The molecule has 1 unspecified atom stereocenters. The molecule has 2 aliphatic rings. The number of hydroxylamine groups is 2. The number of hydrogen-bond acceptors (Lipinski definition) is 4. The molecule has 0 N–H and O–H groups in total. The van der Waals surface area contributed by atoms with E-state index in [2.05, 4.69) is 0 Å². The Kier molecular flexibility index (Phi) is 3.21. The van der Waals surface area contributed by atoms with Gasteiger partial charge in [-0.05, 0) is 23.8 Å². The second-order valence-corrected chi connectivity index (χ2v) is 5.93. The van der Waals surface area contributed by atoms with Gasteiger partial charge < -0.3 is 4.84 Å². The Balaban J connectivity index is 1.61. The van der Waals surface area contributed by atoms with Gasteiger partial charge in [0.25, 0.3) is 17.7 Å². The van der Waals surface area contributed by atoms with Crippen molar-refractivity contribution < 1.29 is 28.0 Å². The van der Waals surface area contributed by atoms with Crippen molar-refractivity contribution in [2.24, 2.45) is 0 Å². The summed E-state index contributed by atoms with van der Waals surface area (Å²) >= 11 is 0. The molecule has 7 heteroatoms. The van der Waals surface area contributed by atoms with Crippen molar-refractivity contribution in [2.45, 2.75) is 18.3 Å². The molecule has 4 rings (SSSR count). The summed E-state index contributed by atoms with van der Waals surface area (Å²) in [7, 11) is 0. The first-order valence-electron chi connectivity index (χ1n) is 7.57. The van der Waals surface area contributed by atoms with E-state index in [1.165, 1.54) is 30.3 Å². The van der Waals surface area contributed by atoms with Crippen molar-refractivity contribution in [3.05, 3.63) is 70.8 Å². The quantitative estimate of drug-likeness (QED) is 0.803. The van der Waals surface area contributed by atoms with Crippen LogP contribution in [0.2, 0.25) is 0 Å². The summed E-state index contributed by atoms with van der Waals surface area (Å²) in [5.41, 5.74) is 0.319. The molecule has 1 heterocycles. The maximum atomic E-state index is 13.4. The molecule has 2 aromatic carbocycles. The Labute approximate surface area is 140 Å². The largest absolute Gasteiger partial charge is 0.364 e. The van der Waals surface area contributed by atoms with E-state index in [1.54, 1.807) is 18.2 Å². The van der Waals surface area contributed by atoms with Crippen molar-refractivity contribution in [2.75, 3.05) is 0 Å². The zero-order valence-electron chi connectivity index (χ0n) is 12.7. The molecule has 0 bridgehead atoms. The van der Waals surface area contributed by atoms with Gasteiger partial charge in [-0.1, -0.05) is 35.4 Å². The molecular formula is C18H11F2NO4. The van der Waals surface area contributed by atoms with Crippen LogP contribution >= 0.6 is 0 Å². The fourth-order valence-electron chi connectivity index (χ4n) is 2.92. The van der Waals surface area contributed by atoms with Crippen LogP contribution in [0.4, 0.5) is 8.78 Å². The number of benzene rings is 2. The smallest absolute Gasteiger partial charge is 0.324 e. The average molecular weight is 343 g/mol. The van der Waals surface area contributed by atoms with Crippen LogP contribution in [0, 0.1) is 0 Å². The summed E-state index contributed by atoms with van der Waals surface area (Å²) in [5.74, 6) is -6.45.